The number of hydrogen-bond acceptors (Lipinski definition) is 2. The summed E-state index contributed by atoms with van der Waals surface area (Å²) >= 11 is 0. The van der Waals surface area contributed by atoms with Gasteiger partial charge in [-0.05, 0) is 25.3 Å². The van der Waals surface area contributed by atoms with Crippen LogP contribution in [0, 0.1) is 6.92 Å². The van der Waals surface area contributed by atoms with Crippen molar-refractivity contribution in [2.24, 2.45) is 0 Å². The summed E-state index contributed by atoms with van der Waals surface area (Å²) in [4.78, 5) is 0. The molecule has 1 saturated heterocycles. The van der Waals surface area contributed by atoms with Crippen LogP contribution >= 0.6 is 0 Å². The minimum absolute atomic E-state index is 0.0631. The molecule has 1 heterocycles. The zero-order chi connectivity index (χ0) is 14.6. The maximum atomic E-state index is 12.0. The van der Waals surface area contributed by atoms with Gasteiger partial charge in [-0.3, -0.25) is 0 Å². The highest BCUT2D eigenvalue weighted by molar-refractivity contribution is 5.33. The highest BCUT2D eigenvalue weighted by atomic mass is 19.4. The van der Waals surface area contributed by atoms with Gasteiger partial charge in [0.25, 0.3) is 0 Å². The van der Waals surface area contributed by atoms with Crippen LogP contribution in [-0.4, -0.2) is 32.5 Å². The molecule has 0 atom stereocenters. The van der Waals surface area contributed by atoms with E-state index in [1.165, 1.54) is 11.1 Å². The van der Waals surface area contributed by atoms with E-state index >= 15 is 0 Å². The number of aryl methyl sites for hydroxylation is 1. The minimum atomic E-state index is -4.23. The molecule has 0 saturated carbocycles. The number of alkyl halides is 3. The van der Waals surface area contributed by atoms with E-state index in [4.69, 9.17) is 0 Å². The van der Waals surface area contributed by atoms with Crippen molar-refractivity contribution in [3.63, 3.8) is 0 Å². The molecule has 0 aromatic heterocycles. The maximum absolute atomic E-state index is 12.0. The molecular formula is C15H20F3NO. The number of ether oxygens (including phenoxy) is 1. The summed E-state index contributed by atoms with van der Waals surface area (Å²) < 4.78 is 40.6. The molecule has 0 amide bonds. The monoisotopic (exact) mass is 287 g/mol. The quantitative estimate of drug-likeness (QED) is 0.811. The van der Waals surface area contributed by atoms with Gasteiger partial charge in [-0.25, -0.2) is 0 Å². The molecule has 1 aliphatic heterocycles. The Morgan fingerprint density at radius 2 is 2.05 bits per heavy atom. The largest absolute Gasteiger partial charge is 0.411 e. The zero-order valence-corrected chi connectivity index (χ0v) is 11.6. The van der Waals surface area contributed by atoms with E-state index in [0.717, 1.165) is 19.5 Å². The molecule has 5 heteroatoms. The molecular weight excluding hydrogens is 267 g/mol. The normalized spacial score (nSPS) is 17.8. The Morgan fingerprint density at radius 3 is 2.60 bits per heavy atom. The zero-order valence-electron chi connectivity index (χ0n) is 11.6. The number of halogens is 3. The van der Waals surface area contributed by atoms with E-state index in [2.05, 4.69) is 35.2 Å². The molecule has 0 aliphatic carbocycles. The van der Waals surface area contributed by atoms with Gasteiger partial charge in [-0.2, -0.15) is 13.2 Å². The Morgan fingerprint density at radius 1 is 1.30 bits per heavy atom. The van der Waals surface area contributed by atoms with Crippen molar-refractivity contribution in [2.45, 2.75) is 31.4 Å². The fourth-order valence-electron chi connectivity index (χ4n) is 2.63. The number of nitrogens with one attached hydrogen (secondary N) is 1. The summed E-state index contributed by atoms with van der Waals surface area (Å²) in [5, 5.41) is 3.26. The van der Waals surface area contributed by atoms with Crippen LogP contribution in [0.4, 0.5) is 13.2 Å². The van der Waals surface area contributed by atoms with E-state index in [9.17, 15) is 13.2 Å². The molecule has 1 aromatic rings. The average molecular weight is 287 g/mol. The Labute approximate surface area is 117 Å². The third-order valence-corrected chi connectivity index (χ3v) is 3.77. The minimum Gasteiger partial charge on any atom is -0.372 e. The summed E-state index contributed by atoms with van der Waals surface area (Å²) in [6.07, 6.45) is -2.74. The van der Waals surface area contributed by atoms with Gasteiger partial charge in [0.2, 0.25) is 0 Å². The fraction of sp³-hybridized carbons (Fsp3) is 0.600. The second kappa shape index (κ2) is 6.14. The van der Waals surface area contributed by atoms with Crippen molar-refractivity contribution in [3.8, 4) is 0 Å². The van der Waals surface area contributed by atoms with Gasteiger partial charge < -0.3 is 10.1 Å². The second-order valence-electron chi connectivity index (χ2n) is 5.52. The van der Waals surface area contributed by atoms with Crippen LogP contribution in [0.25, 0.3) is 0 Å². The van der Waals surface area contributed by atoms with Crippen molar-refractivity contribution >= 4 is 0 Å². The molecule has 0 radical (unpaired) electrons. The smallest absolute Gasteiger partial charge is 0.372 e. The van der Waals surface area contributed by atoms with Gasteiger partial charge in [-0.1, -0.05) is 29.8 Å². The standard InChI is InChI=1S/C15H20F3NO/c1-12-4-2-5-13(8-12)14(9-19-10-14)6-3-7-20-11-15(16,17)18/h2,4-5,8,19H,3,6-7,9-11H2,1H3. The summed E-state index contributed by atoms with van der Waals surface area (Å²) in [6.45, 7) is 2.83. The predicted octanol–water partition coefficient (Wildman–Crippen LogP) is 3.20. The Hall–Kier alpha value is -1.07. The van der Waals surface area contributed by atoms with Crippen LogP contribution in [-0.2, 0) is 10.2 Å². The van der Waals surface area contributed by atoms with E-state index in [1.807, 2.05) is 6.07 Å². The molecule has 1 fully saturated rings. The third-order valence-electron chi connectivity index (χ3n) is 3.77. The van der Waals surface area contributed by atoms with Gasteiger partial charge in [-0.15, -0.1) is 0 Å². The molecule has 1 N–H and O–H groups in total. The van der Waals surface area contributed by atoms with Crippen LogP contribution in [0.2, 0.25) is 0 Å². The molecule has 2 nitrogen and oxygen atoms in total. The van der Waals surface area contributed by atoms with E-state index in [-0.39, 0.29) is 12.0 Å². The van der Waals surface area contributed by atoms with Gasteiger partial charge in [0.05, 0.1) is 0 Å². The highest BCUT2D eigenvalue weighted by Gasteiger charge is 2.38. The number of hydrogen-bond donors (Lipinski definition) is 1. The first kappa shape index (κ1) is 15.3. The molecule has 1 aromatic carbocycles. The summed E-state index contributed by atoms with van der Waals surface area (Å²) in [5.41, 5.74) is 2.54. The lowest BCUT2D eigenvalue weighted by atomic mass is 9.71. The first-order chi connectivity index (χ1) is 9.41. The van der Waals surface area contributed by atoms with Crippen molar-refractivity contribution in [2.75, 3.05) is 26.3 Å². The maximum Gasteiger partial charge on any atom is 0.411 e. The van der Waals surface area contributed by atoms with Crippen LogP contribution in [0.1, 0.15) is 24.0 Å². The molecule has 0 bridgehead atoms. The van der Waals surface area contributed by atoms with Crippen LogP contribution in [0.15, 0.2) is 24.3 Å². The summed E-state index contributed by atoms with van der Waals surface area (Å²) in [6, 6.07) is 8.35. The molecule has 2 rings (SSSR count). The van der Waals surface area contributed by atoms with Crippen LogP contribution < -0.4 is 5.32 Å². The second-order valence-corrected chi connectivity index (χ2v) is 5.52. The van der Waals surface area contributed by atoms with Gasteiger partial charge in [0.15, 0.2) is 0 Å². The Kier molecular flexibility index (Phi) is 4.70. The topological polar surface area (TPSA) is 21.3 Å². The van der Waals surface area contributed by atoms with Gasteiger partial charge >= 0.3 is 6.18 Å². The Bertz CT molecular complexity index is 441. The van der Waals surface area contributed by atoms with E-state index < -0.39 is 12.8 Å². The first-order valence-electron chi connectivity index (χ1n) is 6.84. The van der Waals surface area contributed by atoms with Gasteiger partial charge in [0.1, 0.15) is 6.61 Å². The lowest BCUT2D eigenvalue weighted by Crippen LogP contribution is -2.56. The predicted molar refractivity (Wildman–Crippen MR) is 71.8 cm³/mol. The molecule has 0 unspecified atom stereocenters. The summed E-state index contributed by atoms with van der Waals surface area (Å²) in [7, 11) is 0. The molecule has 20 heavy (non-hydrogen) atoms. The van der Waals surface area contributed by atoms with Crippen LogP contribution in [0.3, 0.4) is 0 Å². The fourth-order valence-corrected chi connectivity index (χ4v) is 2.63. The van der Waals surface area contributed by atoms with Crippen molar-refractivity contribution < 1.29 is 17.9 Å². The molecule has 112 valence electrons. The lowest BCUT2D eigenvalue weighted by molar-refractivity contribution is -0.174. The number of rotatable bonds is 6. The summed E-state index contributed by atoms with van der Waals surface area (Å²) in [5.74, 6) is 0. The third kappa shape index (κ3) is 3.96. The molecule has 1 aliphatic rings. The van der Waals surface area contributed by atoms with Crippen LogP contribution in [0.5, 0.6) is 0 Å². The van der Waals surface area contributed by atoms with Crippen molar-refractivity contribution in [1.82, 2.24) is 5.32 Å². The lowest BCUT2D eigenvalue weighted by Gasteiger charge is -2.43. The first-order valence-corrected chi connectivity index (χ1v) is 6.84. The Balaban J connectivity index is 1.83. The highest BCUT2D eigenvalue weighted by Crippen LogP contribution is 2.33. The van der Waals surface area contributed by atoms with Gasteiger partial charge in [0, 0.05) is 25.1 Å². The number of benzene rings is 1. The van der Waals surface area contributed by atoms with Crippen molar-refractivity contribution in [1.29, 1.82) is 0 Å². The molecule has 0 spiro atoms. The van der Waals surface area contributed by atoms with E-state index in [0.29, 0.717) is 6.42 Å². The average Bonchev–Trinajstić information content (AvgIpc) is 2.30. The SMILES string of the molecule is Cc1cccc(C2(CCCOCC(F)(F)F)CNC2)c1. The van der Waals surface area contributed by atoms with E-state index in [1.54, 1.807) is 0 Å². The van der Waals surface area contributed by atoms with Crippen molar-refractivity contribution in [3.05, 3.63) is 35.4 Å².